The van der Waals surface area contributed by atoms with Crippen molar-refractivity contribution in [3.8, 4) is 0 Å². The van der Waals surface area contributed by atoms with Crippen molar-refractivity contribution in [3.05, 3.63) is 9.26 Å². The summed E-state index contributed by atoms with van der Waals surface area (Å²) in [5, 5.41) is 4.38. The van der Waals surface area contributed by atoms with Gasteiger partial charge in [-0.3, -0.25) is 0 Å². The van der Waals surface area contributed by atoms with Crippen LogP contribution in [-0.2, 0) is 6.54 Å². The van der Waals surface area contributed by atoms with E-state index in [1.807, 2.05) is 11.6 Å². The first-order chi connectivity index (χ1) is 6.06. The molecule has 0 aliphatic carbocycles. The molecule has 0 saturated heterocycles. The molecular weight excluding hydrogens is 277 g/mol. The smallest absolute Gasteiger partial charge is 0.135 e. The summed E-state index contributed by atoms with van der Waals surface area (Å²) in [5.41, 5.74) is 6.93. The third-order valence-corrected chi connectivity index (χ3v) is 3.61. The summed E-state index contributed by atoms with van der Waals surface area (Å²) in [6, 6.07) is 0. The van der Waals surface area contributed by atoms with Gasteiger partial charge in [-0.05, 0) is 35.4 Å². The van der Waals surface area contributed by atoms with Crippen LogP contribution in [-0.4, -0.2) is 9.78 Å². The van der Waals surface area contributed by atoms with Gasteiger partial charge in [0.25, 0.3) is 0 Å². The SMILES string of the molecule is CCC(C)Cn1nc(C)c(I)c1N. The number of aromatic nitrogens is 2. The summed E-state index contributed by atoms with van der Waals surface area (Å²) < 4.78 is 2.99. The molecule has 1 aromatic heterocycles. The Morgan fingerprint density at radius 1 is 1.62 bits per heavy atom. The lowest BCUT2D eigenvalue weighted by atomic mass is 10.1. The molecule has 0 radical (unpaired) electrons. The second kappa shape index (κ2) is 4.30. The molecule has 1 rings (SSSR count). The van der Waals surface area contributed by atoms with E-state index < -0.39 is 0 Å². The minimum atomic E-state index is 0.636. The van der Waals surface area contributed by atoms with E-state index in [0.717, 1.165) is 28.0 Å². The number of hydrogen-bond acceptors (Lipinski definition) is 2. The van der Waals surface area contributed by atoms with Gasteiger partial charge >= 0.3 is 0 Å². The monoisotopic (exact) mass is 293 g/mol. The molecule has 0 bridgehead atoms. The van der Waals surface area contributed by atoms with Gasteiger partial charge < -0.3 is 5.73 Å². The zero-order chi connectivity index (χ0) is 10.0. The minimum absolute atomic E-state index is 0.636. The maximum Gasteiger partial charge on any atom is 0.135 e. The van der Waals surface area contributed by atoms with E-state index in [-0.39, 0.29) is 0 Å². The highest BCUT2D eigenvalue weighted by atomic mass is 127. The average molecular weight is 293 g/mol. The van der Waals surface area contributed by atoms with Crippen molar-refractivity contribution in [3.63, 3.8) is 0 Å². The molecule has 0 saturated carbocycles. The van der Waals surface area contributed by atoms with Crippen molar-refractivity contribution in [2.75, 3.05) is 5.73 Å². The van der Waals surface area contributed by atoms with Crippen molar-refractivity contribution in [1.82, 2.24) is 9.78 Å². The lowest BCUT2D eigenvalue weighted by Crippen LogP contribution is -2.11. The fraction of sp³-hybridized carbons (Fsp3) is 0.667. The summed E-state index contributed by atoms with van der Waals surface area (Å²) in [6.07, 6.45) is 1.16. The summed E-state index contributed by atoms with van der Waals surface area (Å²) in [7, 11) is 0. The van der Waals surface area contributed by atoms with Crippen molar-refractivity contribution in [1.29, 1.82) is 0 Å². The first kappa shape index (κ1) is 10.8. The van der Waals surface area contributed by atoms with Gasteiger partial charge in [0.1, 0.15) is 5.82 Å². The molecule has 0 amide bonds. The Morgan fingerprint density at radius 2 is 2.23 bits per heavy atom. The fourth-order valence-corrected chi connectivity index (χ4v) is 1.53. The molecule has 1 unspecified atom stereocenters. The first-order valence-corrected chi connectivity index (χ1v) is 5.62. The summed E-state index contributed by atoms with van der Waals surface area (Å²) in [6.45, 7) is 7.31. The molecule has 0 spiro atoms. The molecule has 0 aliphatic rings. The third kappa shape index (κ3) is 2.36. The van der Waals surface area contributed by atoms with Crippen LogP contribution in [0.25, 0.3) is 0 Å². The van der Waals surface area contributed by atoms with E-state index in [1.54, 1.807) is 0 Å². The van der Waals surface area contributed by atoms with E-state index in [2.05, 4.69) is 41.5 Å². The lowest BCUT2D eigenvalue weighted by Gasteiger charge is -2.09. The Bertz CT molecular complexity index is 293. The Labute approximate surface area is 92.8 Å². The molecule has 0 aliphatic heterocycles. The number of nitrogens with zero attached hydrogens (tertiary/aromatic N) is 2. The van der Waals surface area contributed by atoms with Crippen LogP contribution in [0.3, 0.4) is 0 Å². The Balaban J connectivity index is 2.83. The second-order valence-corrected chi connectivity index (χ2v) is 4.56. The van der Waals surface area contributed by atoms with E-state index in [0.29, 0.717) is 5.92 Å². The van der Waals surface area contributed by atoms with Crippen LogP contribution in [0.2, 0.25) is 0 Å². The summed E-state index contributed by atoms with van der Waals surface area (Å²) in [4.78, 5) is 0. The van der Waals surface area contributed by atoms with E-state index >= 15 is 0 Å². The Hall–Kier alpha value is -0.260. The largest absolute Gasteiger partial charge is 0.383 e. The minimum Gasteiger partial charge on any atom is -0.383 e. The van der Waals surface area contributed by atoms with Crippen LogP contribution in [0, 0.1) is 16.4 Å². The highest BCUT2D eigenvalue weighted by molar-refractivity contribution is 14.1. The molecule has 74 valence electrons. The predicted octanol–water partition coefficient (Wildman–Crippen LogP) is 2.42. The zero-order valence-electron chi connectivity index (χ0n) is 8.34. The average Bonchev–Trinajstić information content (AvgIpc) is 2.34. The Morgan fingerprint density at radius 3 is 2.62 bits per heavy atom. The number of nitrogen functional groups attached to an aromatic ring is 1. The summed E-state index contributed by atoms with van der Waals surface area (Å²) in [5.74, 6) is 1.44. The highest BCUT2D eigenvalue weighted by Crippen LogP contribution is 2.19. The fourth-order valence-electron chi connectivity index (χ4n) is 1.14. The van der Waals surface area contributed by atoms with Crippen molar-refractivity contribution >= 4 is 28.4 Å². The first-order valence-electron chi connectivity index (χ1n) is 4.54. The lowest BCUT2D eigenvalue weighted by molar-refractivity contribution is 0.442. The molecule has 0 aromatic carbocycles. The Kier molecular flexibility index (Phi) is 3.58. The number of hydrogen-bond donors (Lipinski definition) is 1. The number of nitrogens with two attached hydrogens (primary N) is 1. The van der Waals surface area contributed by atoms with E-state index in [9.17, 15) is 0 Å². The second-order valence-electron chi connectivity index (χ2n) is 3.48. The summed E-state index contributed by atoms with van der Waals surface area (Å²) >= 11 is 2.24. The number of halogens is 1. The van der Waals surface area contributed by atoms with Gasteiger partial charge in [-0.2, -0.15) is 5.10 Å². The number of aryl methyl sites for hydroxylation is 1. The molecule has 1 heterocycles. The molecule has 2 N–H and O–H groups in total. The highest BCUT2D eigenvalue weighted by Gasteiger charge is 2.10. The predicted molar refractivity (Wildman–Crippen MR) is 63.5 cm³/mol. The zero-order valence-corrected chi connectivity index (χ0v) is 10.5. The van der Waals surface area contributed by atoms with Gasteiger partial charge in [0.2, 0.25) is 0 Å². The molecule has 1 atom stereocenters. The standard InChI is InChI=1S/C9H16IN3/c1-4-6(2)5-13-9(11)8(10)7(3)12-13/h6H,4-5,11H2,1-3H3. The molecule has 1 aromatic rings. The molecule has 4 heteroatoms. The quantitative estimate of drug-likeness (QED) is 0.870. The van der Waals surface area contributed by atoms with E-state index in [1.165, 1.54) is 0 Å². The van der Waals surface area contributed by atoms with Crippen molar-refractivity contribution in [2.24, 2.45) is 5.92 Å². The third-order valence-electron chi connectivity index (χ3n) is 2.27. The van der Waals surface area contributed by atoms with Gasteiger partial charge in [0.05, 0.1) is 9.26 Å². The molecule has 13 heavy (non-hydrogen) atoms. The van der Waals surface area contributed by atoms with Crippen LogP contribution in [0.4, 0.5) is 5.82 Å². The topological polar surface area (TPSA) is 43.8 Å². The van der Waals surface area contributed by atoms with Crippen LogP contribution in [0.5, 0.6) is 0 Å². The molecule has 3 nitrogen and oxygen atoms in total. The maximum atomic E-state index is 5.90. The normalized spacial score (nSPS) is 13.2. The van der Waals surface area contributed by atoms with Gasteiger partial charge in [0.15, 0.2) is 0 Å². The van der Waals surface area contributed by atoms with Gasteiger partial charge in [0, 0.05) is 6.54 Å². The van der Waals surface area contributed by atoms with Crippen LogP contribution < -0.4 is 5.73 Å². The van der Waals surface area contributed by atoms with Crippen LogP contribution >= 0.6 is 22.6 Å². The van der Waals surface area contributed by atoms with Crippen molar-refractivity contribution < 1.29 is 0 Å². The van der Waals surface area contributed by atoms with Gasteiger partial charge in [-0.15, -0.1) is 0 Å². The maximum absolute atomic E-state index is 5.90. The van der Waals surface area contributed by atoms with Crippen molar-refractivity contribution in [2.45, 2.75) is 33.7 Å². The molecular formula is C9H16IN3. The van der Waals surface area contributed by atoms with Crippen LogP contribution in [0.1, 0.15) is 26.0 Å². The van der Waals surface area contributed by atoms with Gasteiger partial charge in [-0.1, -0.05) is 20.3 Å². The number of anilines is 1. The number of rotatable bonds is 3. The van der Waals surface area contributed by atoms with E-state index in [4.69, 9.17) is 5.73 Å². The van der Waals surface area contributed by atoms with Gasteiger partial charge in [-0.25, -0.2) is 4.68 Å². The molecule has 0 fully saturated rings. The van der Waals surface area contributed by atoms with Crippen LogP contribution in [0.15, 0.2) is 0 Å².